The quantitative estimate of drug-likeness (QED) is 0.258. The minimum atomic E-state index is -2.96. The van der Waals surface area contributed by atoms with Crippen LogP contribution >= 0.6 is 16.8 Å². The van der Waals surface area contributed by atoms with E-state index in [2.05, 4.69) is 37.2 Å². The molecule has 0 fully saturated rings. The van der Waals surface area contributed by atoms with Gasteiger partial charge in [0.25, 0.3) is 0 Å². The van der Waals surface area contributed by atoms with Gasteiger partial charge in [-0.3, -0.25) is 0 Å². The van der Waals surface area contributed by atoms with Crippen LogP contribution < -0.4 is 0 Å². The van der Waals surface area contributed by atoms with Gasteiger partial charge in [0.15, 0.2) is 0 Å². The molecule has 0 spiro atoms. The Balaban J connectivity index is 5.10. The van der Waals surface area contributed by atoms with E-state index < -0.39 is 7.28 Å². The molecule has 1 unspecified atom stereocenters. The van der Waals surface area contributed by atoms with Crippen molar-refractivity contribution in [2.75, 3.05) is 25.5 Å². The number of unbranched alkanes of at least 4 members (excludes halogenated alkanes) is 4. The summed E-state index contributed by atoms with van der Waals surface area (Å²) in [6.07, 6.45) is 10.8. The normalized spacial score (nSPS) is 14.0. The molecule has 0 aliphatic carbocycles. The first-order chi connectivity index (χ1) is 10.1. The fourth-order valence-corrected chi connectivity index (χ4v) is 7.40. The van der Waals surface area contributed by atoms with Crippen molar-refractivity contribution in [1.82, 2.24) is 0 Å². The van der Waals surface area contributed by atoms with Gasteiger partial charge in [0, 0.05) is 0 Å². The molecule has 0 saturated heterocycles. The maximum atomic E-state index is 6.42. The molecule has 0 N–H and O–H groups in total. The molecular formula is C16H38O3P2. The van der Waals surface area contributed by atoms with Crippen LogP contribution in [0.25, 0.3) is 0 Å². The summed E-state index contributed by atoms with van der Waals surface area (Å²) in [7, 11) is -0.487. The molecule has 0 aromatic rings. The van der Waals surface area contributed by atoms with Gasteiger partial charge in [-0.15, -0.1) is 0 Å². The molecule has 21 heavy (non-hydrogen) atoms. The molecule has 0 amide bonds. The zero-order valence-electron chi connectivity index (χ0n) is 14.7. The molecule has 130 valence electrons. The monoisotopic (exact) mass is 340 g/mol. The summed E-state index contributed by atoms with van der Waals surface area (Å²) < 4.78 is 18.9. The van der Waals surface area contributed by atoms with Crippen molar-refractivity contribution in [2.45, 2.75) is 79.1 Å². The Labute approximate surface area is 135 Å². The van der Waals surface area contributed by atoms with E-state index in [-0.39, 0.29) is 0 Å². The van der Waals surface area contributed by atoms with Crippen molar-refractivity contribution in [3.05, 3.63) is 0 Å². The third-order valence-electron chi connectivity index (χ3n) is 3.88. The fraction of sp³-hybridized carbons (Fsp3) is 1.00. The summed E-state index contributed by atoms with van der Waals surface area (Å²) in [4.78, 5) is 0. The number of rotatable bonds is 15. The molecule has 0 aromatic heterocycles. The Hall–Kier alpha value is 0.740. The first kappa shape index (κ1) is 21.7. The molecule has 0 bridgehead atoms. The molecule has 0 heterocycles. The van der Waals surface area contributed by atoms with Crippen molar-refractivity contribution < 1.29 is 13.4 Å². The van der Waals surface area contributed by atoms with E-state index in [4.69, 9.17) is 13.4 Å². The molecule has 5 heteroatoms. The van der Waals surface area contributed by atoms with Gasteiger partial charge in [-0.2, -0.15) is 0 Å². The standard InChI is InChI=1S/C16H38O3P2/c1-5-9-13-17-21(19-20,15-11-7-3,16-12-8-4)18-14-10-6-2/h5-16,20H2,1-4H3. The van der Waals surface area contributed by atoms with Gasteiger partial charge in [-0.25, -0.2) is 0 Å². The molecule has 0 saturated carbocycles. The fourth-order valence-electron chi connectivity index (χ4n) is 2.33. The van der Waals surface area contributed by atoms with E-state index in [1.54, 1.807) is 0 Å². The van der Waals surface area contributed by atoms with Gasteiger partial charge in [-0.05, 0) is 0 Å². The van der Waals surface area contributed by atoms with Gasteiger partial charge in [-0.1, -0.05) is 0 Å². The van der Waals surface area contributed by atoms with Gasteiger partial charge < -0.3 is 0 Å². The Morgan fingerprint density at radius 3 is 1.33 bits per heavy atom. The maximum absolute atomic E-state index is 6.42. The molecule has 3 nitrogen and oxygen atoms in total. The summed E-state index contributed by atoms with van der Waals surface area (Å²) in [6, 6.07) is 0. The molecule has 0 rings (SSSR count). The average molecular weight is 340 g/mol. The van der Waals surface area contributed by atoms with Crippen LogP contribution in [-0.4, -0.2) is 25.5 Å². The van der Waals surface area contributed by atoms with Crippen molar-refractivity contribution in [1.29, 1.82) is 0 Å². The summed E-state index contributed by atoms with van der Waals surface area (Å²) in [6.45, 7) is 10.3. The van der Waals surface area contributed by atoms with Crippen LogP contribution in [0, 0.1) is 0 Å². The molecule has 0 aliphatic heterocycles. The van der Waals surface area contributed by atoms with Crippen LogP contribution in [0.5, 0.6) is 0 Å². The van der Waals surface area contributed by atoms with E-state index in [9.17, 15) is 0 Å². The number of hydrogen-bond acceptors (Lipinski definition) is 3. The minimum absolute atomic E-state index is 0.752. The summed E-state index contributed by atoms with van der Waals surface area (Å²) in [5, 5.41) is 0. The molecular weight excluding hydrogens is 302 g/mol. The van der Waals surface area contributed by atoms with Crippen LogP contribution in [0.2, 0.25) is 0 Å². The Bertz CT molecular complexity index is 228. The molecule has 0 aliphatic rings. The van der Waals surface area contributed by atoms with Gasteiger partial charge in [0.1, 0.15) is 0 Å². The van der Waals surface area contributed by atoms with E-state index >= 15 is 0 Å². The van der Waals surface area contributed by atoms with Crippen LogP contribution in [0.3, 0.4) is 0 Å². The summed E-state index contributed by atoms with van der Waals surface area (Å²) in [5.41, 5.74) is 0. The van der Waals surface area contributed by atoms with Crippen LogP contribution in [-0.2, 0) is 13.4 Å². The molecule has 1 atom stereocenters. The van der Waals surface area contributed by atoms with E-state index in [0.717, 1.165) is 76.9 Å². The first-order valence-corrected chi connectivity index (χ1v) is 11.7. The van der Waals surface area contributed by atoms with E-state index in [1.165, 1.54) is 0 Å². The molecule has 0 radical (unpaired) electrons. The topological polar surface area (TPSA) is 27.7 Å². The van der Waals surface area contributed by atoms with Crippen molar-refractivity contribution in [3.8, 4) is 0 Å². The number of hydrogen-bond donors (Lipinski definition) is 0. The van der Waals surface area contributed by atoms with Crippen LogP contribution in [0.15, 0.2) is 0 Å². The van der Waals surface area contributed by atoms with Crippen molar-refractivity contribution in [2.24, 2.45) is 0 Å². The predicted octanol–water partition coefficient (Wildman–Crippen LogP) is 6.33. The van der Waals surface area contributed by atoms with Gasteiger partial charge >= 0.3 is 135 Å². The molecule has 0 aromatic carbocycles. The summed E-state index contributed by atoms with van der Waals surface area (Å²) >= 11 is 0. The second kappa shape index (κ2) is 12.2. The van der Waals surface area contributed by atoms with E-state index in [0.29, 0.717) is 0 Å². The Morgan fingerprint density at radius 2 is 1.05 bits per heavy atom. The SMILES string of the molecule is CCCCOP(CCCC)(CCCC)(OP)OCCCC. The summed E-state index contributed by atoms with van der Waals surface area (Å²) in [5.74, 6) is 0. The third-order valence-corrected chi connectivity index (χ3v) is 9.64. The van der Waals surface area contributed by atoms with E-state index in [1.807, 2.05) is 0 Å². The zero-order valence-corrected chi connectivity index (χ0v) is 16.8. The Morgan fingerprint density at radius 1 is 0.667 bits per heavy atom. The van der Waals surface area contributed by atoms with Gasteiger partial charge in [0.05, 0.1) is 0 Å². The van der Waals surface area contributed by atoms with Crippen molar-refractivity contribution >= 4 is 16.8 Å². The second-order valence-electron chi connectivity index (χ2n) is 5.86. The predicted molar refractivity (Wildman–Crippen MR) is 99.0 cm³/mol. The third kappa shape index (κ3) is 7.71. The Kier molecular flexibility index (Phi) is 12.6. The first-order valence-electron chi connectivity index (χ1n) is 8.82. The van der Waals surface area contributed by atoms with Crippen LogP contribution in [0.4, 0.5) is 0 Å². The van der Waals surface area contributed by atoms with Crippen LogP contribution in [0.1, 0.15) is 79.1 Å². The van der Waals surface area contributed by atoms with Gasteiger partial charge in [0.2, 0.25) is 0 Å². The zero-order chi connectivity index (χ0) is 16.1. The second-order valence-corrected chi connectivity index (χ2v) is 10.6. The van der Waals surface area contributed by atoms with Crippen molar-refractivity contribution in [3.63, 3.8) is 0 Å². The average Bonchev–Trinajstić information content (AvgIpc) is 2.52.